The van der Waals surface area contributed by atoms with Gasteiger partial charge in [0.05, 0.1) is 16.3 Å². The number of nitrogens with one attached hydrogen (secondary N) is 1. The Bertz CT molecular complexity index is 1020. The predicted octanol–water partition coefficient (Wildman–Crippen LogP) is 3.23. The smallest absolute Gasteiger partial charge is 0.264 e. The quantitative estimate of drug-likeness (QED) is 0.696. The summed E-state index contributed by atoms with van der Waals surface area (Å²) in [5, 5.41) is 0. The lowest BCUT2D eigenvalue weighted by Crippen LogP contribution is -2.35. The van der Waals surface area contributed by atoms with Crippen molar-refractivity contribution in [1.29, 1.82) is 0 Å². The highest BCUT2D eigenvalue weighted by Gasteiger charge is 2.29. The number of fused-ring (bicyclic) bond motifs is 1. The van der Waals surface area contributed by atoms with Crippen LogP contribution in [0.4, 0.5) is 11.4 Å². The lowest BCUT2D eigenvalue weighted by molar-refractivity contribution is 0.586. The summed E-state index contributed by atoms with van der Waals surface area (Å²) >= 11 is 2.93. The molecule has 0 saturated heterocycles. The second kappa shape index (κ2) is 7.21. The zero-order valence-corrected chi connectivity index (χ0v) is 17.4. The summed E-state index contributed by atoms with van der Waals surface area (Å²) < 4.78 is 53.3. The van der Waals surface area contributed by atoms with Crippen LogP contribution in [0.2, 0.25) is 0 Å². The summed E-state index contributed by atoms with van der Waals surface area (Å²) in [6, 6.07) is 11.7. The van der Waals surface area contributed by atoms with Gasteiger partial charge in [-0.3, -0.25) is 9.03 Å². The number of anilines is 2. The van der Waals surface area contributed by atoms with Crippen LogP contribution in [0.3, 0.4) is 0 Å². The fourth-order valence-corrected chi connectivity index (χ4v) is 5.32. The number of alkyl halides is 1. The van der Waals surface area contributed by atoms with Gasteiger partial charge in [-0.1, -0.05) is 39.7 Å². The first-order chi connectivity index (χ1) is 12.2. The summed E-state index contributed by atoms with van der Waals surface area (Å²) in [5.74, 6) is 0. The van der Waals surface area contributed by atoms with E-state index in [0.29, 0.717) is 24.3 Å². The molecule has 6 nitrogen and oxygen atoms in total. The first-order valence-electron chi connectivity index (χ1n) is 8.02. The van der Waals surface area contributed by atoms with Crippen LogP contribution >= 0.6 is 15.9 Å². The van der Waals surface area contributed by atoms with Crippen LogP contribution in [0.25, 0.3) is 0 Å². The Morgan fingerprint density at radius 2 is 1.77 bits per heavy atom. The highest BCUT2D eigenvalue weighted by Crippen LogP contribution is 2.34. The molecule has 0 saturated carbocycles. The number of sulfonamides is 2. The van der Waals surface area contributed by atoms with E-state index in [4.69, 9.17) is 0 Å². The summed E-state index contributed by atoms with van der Waals surface area (Å²) in [6.45, 7) is 2.26. The van der Waals surface area contributed by atoms with Gasteiger partial charge in [0.1, 0.15) is 4.66 Å². The molecule has 0 radical (unpaired) electrons. The Morgan fingerprint density at radius 1 is 1.08 bits per heavy atom. The van der Waals surface area contributed by atoms with Crippen LogP contribution in [-0.2, 0) is 26.5 Å². The van der Waals surface area contributed by atoms with Crippen LogP contribution in [0.5, 0.6) is 0 Å². The number of hydrogen-bond donors (Lipinski definition) is 1. The maximum Gasteiger partial charge on any atom is 0.264 e. The Hall–Kier alpha value is -1.58. The molecule has 0 aromatic heterocycles. The second-order valence-corrected chi connectivity index (χ2v) is 11.1. The van der Waals surface area contributed by atoms with Crippen molar-refractivity contribution in [3.8, 4) is 0 Å². The van der Waals surface area contributed by atoms with E-state index in [1.807, 2.05) is 6.92 Å². The standard InChI is InChI=1S/C17H19BrN2O4S2/c1-13-4-8-16(9-5-13)26(23,24)20-10-2-3-14-6-7-15(11-17(14)20)19-25(21,22)12-18/h4-9,11,19H,2-3,10,12H2,1H3. The predicted molar refractivity (Wildman–Crippen MR) is 107 cm³/mol. The Morgan fingerprint density at radius 3 is 2.42 bits per heavy atom. The van der Waals surface area contributed by atoms with Crippen molar-refractivity contribution < 1.29 is 16.8 Å². The van der Waals surface area contributed by atoms with Crippen molar-refractivity contribution in [1.82, 2.24) is 0 Å². The molecule has 0 bridgehead atoms. The molecule has 0 atom stereocenters. The summed E-state index contributed by atoms with van der Waals surface area (Å²) in [6.07, 6.45) is 1.46. The van der Waals surface area contributed by atoms with E-state index in [0.717, 1.165) is 17.5 Å². The normalized spacial score (nSPS) is 14.8. The Kier molecular flexibility index (Phi) is 5.32. The summed E-state index contributed by atoms with van der Waals surface area (Å²) in [4.78, 5) is 0.224. The molecule has 0 spiro atoms. The molecule has 0 amide bonds. The van der Waals surface area contributed by atoms with Gasteiger partial charge in [0, 0.05) is 6.54 Å². The molecule has 26 heavy (non-hydrogen) atoms. The number of hydrogen-bond acceptors (Lipinski definition) is 4. The van der Waals surface area contributed by atoms with Crippen molar-refractivity contribution in [3.05, 3.63) is 53.6 Å². The first-order valence-corrected chi connectivity index (χ1v) is 12.2. The van der Waals surface area contributed by atoms with E-state index in [1.165, 1.54) is 4.31 Å². The zero-order chi connectivity index (χ0) is 18.9. The van der Waals surface area contributed by atoms with Gasteiger partial charge in [0.2, 0.25) is 10.0 Å². The number of nitrogens with zero attached hydrogens (tertiary/aromatic N) is 1. The SMILES string of the molecule is Cc1ccc(S(=O)(=O)N2CCCc3ccc(NS(=O)(=O)CBr)cc32)cc1. The van der Waals surface area contributed by atoms with Gasteiger partial charge < -0.3 is 0 Å². The van der Waals surface area contributed by atoms with Crippen LogP contribution in [0.1, 0.15) is 17.5 Å². The molecule has 0 aliphatic carbocycles. The van der Waals surface area contributed by atoms with E-state index >= 15 is 0 Å². The molecule has 0 fully saturated rings. The fourth-order valence-electron chi connectivity index (χ4n) is 2.90. The minimum Gasteiger partial charge on any atom is -0.283 e. The molecular formula is C17H19BrN2O4S2. The second-order valence-electron chi connectivity index (χ2n) is 6.16. The third kappa shape index (κ3) is 3.89. The van der Waals surface area contributed by atoms with Crippen molar-refractivity contribution in [3.63, 3.8) is 0 Å². The van der Waals surface area contributed by atoms with Crippen molar-refractivity contribution >= 4 is 47.4 Å². The van der Waals surface area contributed by atoms with Gasteiger partial charge in [-0.25, -0.2) is 16.8 Å². The lowest BCUT2D eigenvalue weighted by Gasteiger charge is -2.31. The van der Waals surface area contributed by atoms with Crippen LogP contribution < -0.4 is 9.03 Å². The van der Waals surface area contributed by atoms with E-state index in [-0.39, 0.29) is 9.56 Å². The van der Waals surface area contributed by atoms with Gasteiger partial charge >= 0.3 is 0 Å². The molecular weight excluding hydrogens is 440 g/mol. The molecule has 1 N–H and O–H groups in total. The van der Waals surface area contributed by atoms with Crippen molar-refractivity contribution in [2.45, 2.75) is 24.7 Å². The Balaban J connectivity index is 2.03. The zero-order valence-electron chi connectivity index (χ0n) is 14.1. The number of benzene rings is 2. The topological polar surface area (TPSA) is 83.6 Å². The molecule has 1 heterocycles. The van der Waals surface area contributed by atoms with Gasteiger partial charge in [-0.2, -0.15) is 0 Å². The molecule has 1 aliphatic heterocycles. The van der Waals surface area contributed by atoms with Crippen LogP contribution in [0, 0.1) is 6.92 Å². The average Bonchev–Trinajstić information content (AvgIpc) is 2.61. The van der Waals surface area contributed by atoms with Crippen molar-refractivity contribution in [2.24, 2.45) is 0 Å². The van der Waals surface area contributed by atoms with Crippen LogP contribution in [-0.4, -0.2) is 28.0 Å². The third-order valence-electron chi connectivity index (χ3n) is 4.19. The highest BCUT2D eigenvalue weighted by molar-refractivity contribution is 9.10. The lowest BCUT2D eigenvalue weighted by atomic mass is 10.0. The molecule has 3 rings (SSSR count). The number of aryl methyl sites for hydroxylation is 2. The van der Waals surface area contributed by atoms with Crippen LogP contribution in [0.15, 0.2) is 47.4 Å². The largest absolute Gasteiger partial charge is 0.283 e. The third-order valence-corrected chi connectivity index (χ3v) is 8.66. The van der Waals surface area contributed by atoms with Gasteiger partial charge in [-0.05, 0) is 49.6 Å². The number of halogens is 1. The summed E-state index contributed by atoms with van der Waals surface area (Å²) in [5.41, 5.74) is 2.73. The maximum atomic E-state index is 13.1. The monoisotopic (exact) mass is 458 g/mol. The molecule has 2 aromatic rings. The van der Waals surface area contributed by atoms with E-state index < -0.39 is 20.0 Å². The first kappa shape index (κ1) is 19.2. The minimum atomic E-state index is -3.71. The summed E-state index contributed by atoms with van der Waals surface area (Å²) in [7, 11) is -7.22. The van der Waals surface area contributed by atoms with E-state index in [2.05, 4.69) is 20.7 Å². The molecule has 9 heteroatoms. The highest BCUT2D eigenvalue weighted by atomic mass is 79.9. The molecule has 0 unspecified atom stereocenters. The number of rotatable bonds is 5. The average molecular weight is 459 g/mol. The van der Waals surface area contributed by atoms with Crippen molar-refractivity contribution in [2.75, 3.05) is 20.2 Å². The maximum absolute atomic E-state index is 13.1. The van der Waals surface area contributed by atoms with E-state index in [9.17, 15) is 16.8 Å². The van der Waals surface area contributed by atoms with Gasteiger partial charge in [0.15, 0.2) is 0 Å². The molecule has 140 valence electrons. The molecule has 2 aromatic carbocycles. The van der Waals surface area contributed by atoms with E-state index in [1.54, 1.807) is 42.5 Å². The fraction of sp³-hybridized carbons (Fsp3) is 0.294. The molecule has 1 aliphatic rings. The Labute approximate surface area is 162 Å². The minimum absolute atomic E-state index is 0.224. The van der Waals surface area contributed by atoms with Gasteiger partial charge in [0.25, 0.3) is 10.0 Å². The van der Waals surface area contributed by atoms with Gasteiger partial charge in [-0.15, -0.1) is 0 Å².